The molecule has 0 saturated carbocycles. The van der Waals surface area contributed by atoms with Gasteiger partial charge >= 0.3 is 11.9 Å². The van der Waals surface area contributed by atoms with Crippen molar-refractivity contribution in [1.29, 1.82) is 0 Å². The molecule has 27 heavy (non-hydrogen) atoms. The van der Waals surface area contributed by atoms with Crippen LogP contribution in [0.15, 0.2) is 12.1 Å². The summed E-state index contributed by atoms with van der Waals surface area (Å²) in [5, 5.41) is 11.3. The number of benzene rings is 1. The van der Waals surface area contributed by atoms with Crippen LogP contribution in [0.5, 0.6) is 17.2 Å². The van der Waals surface area contributed by atoms with Crippen molar-refractivity contribution in [1.82, 2.24) is 0 Å². The number of hydrogen-bond acceptors (Lipinski definition) is 9. The maximum Gasteiger partial charge on any atom is 0.321 e. The molecule has 0 fully saturated rings. The zero-order chi connectivity index (χ0) is 20.0. The van der Waals surface area contributed by atoms with E-state index in [1.165, 1.54) is 19.2 Å². The summed E-state index contributed by atoms with van der Waals surface area (Å²) < 4.78 is 25.8. The maximum absolute atomic E-state index is 12.4. The molecule has 1 aliphatic rings. The predicted octanol–water partition coefficient (Wildman–Crippen LogP) is 1.53. The van der Waals surface area contributed by atoms with Crippen molar-refractivity contribution in [2.45, 2.75) is 19.8 Å². The number of nitro groups is 1. The van der Waals surface area contributed by atoms with E-state index in [1.807, 2.05) is 0 Å². The molecule has 0 saturated heterocycles. The largest absolute Gasteiger partial charge is 0.493 e. The molecule has 2 rings (SSSR count). The number of rotatable bonds is 9. The van der Waals surface area contributed by atoms with Gasteiger partial charge < -0.3 is 23.7 Å². The van der Waals surface area contributed by atoms with Crippen LogP contribution in [0.25, 0.3) is 0 Å². The lowest BCUT2D eigenvalue weighted by molar-refractivity contribution is -0.484. The molecule has 0 amide bonds. The Morgan fingerprint density at radius 2 is 1.81 bits per heavy atom. The smallest absolute Gasteiger partial charge is 0.321 e. The second-order valence-electron chi connectivity index (χ2n) is 5.56. The van der Waals surface area contributed by atoms with Gasteiger partial charge in [0.05, 0.1) is 26.2 Å². The van der Waals surface area contributed by atoms with Crippen LogP contribution < -0.4 is 14.2 Å². The molecule has 10 nitrogen and oxygen atoms in total. The van der Waals surface area contributed by atoms with Crippen molar-refractivity contribution >= 4 is 11.9 Å². The third-order valence-electron chi connectivity index (χ3n) is 3.94. The molecular formula is C17H21NO9. The number of nitrogens with zero attached hydrogens (tertiary/aromatic N) is 1. The number of hydrogen-bond donors (Lipinski definition) is 0. The first kappa shape index (κ1) is 20.3. The SMILES string of the molecule is CCOC(=O)C(C(=O)OCC)[C@H](C[N+](=O)[O-])c1cc(OC)c2c(c1)OCO2. The van der Waals surface area contributed by atoms with Gasteiger partial charge in [-0.05, 0) is 31.5 Å². The van der Waals surface area contributed by atoms with Crippen molar-refractivity contribution in [3.05, 3.63) is 27.8 Å². The zero-order valence-electron chi connectivity index (χ0n) is 15.3. The van der Waals surface area contributed by atoms with Crippen LogP contribution in [0.1, 0.15) is 25.3 Å². The van der Waals surface area contributed by atoms with Crippen molar-refractivity contribution in [2.75, 3.05) is 33.7 Å². The molecule has 0 bridgehead atoms. The summed E-state index contributed by atoms with van der Waals surface area (Å²) in [6, 6.07) is 2.97. The molecule has 0 N–H and O–H groups in total. The number of methoxy groups -OCH3 is 1. The topological polar surface area (TPSA) is 123 Å². The molecular weight excluding hydrogens is 362 g/mol. The lowest BCUT2D eigenvalue weighted by Crippen LogP contribution is -2.36. The fourth-order valence-electron chi connectivity index (χ4n) is 2.82. The van der Waals surface area contributed by atoms with Gasteiger partial charge in [-0.2, -0.15) is 0 Å². The monoisotopic (exact) mass is 383 g/mol. The average molecular weight is 383 g/mol. The summed E-state index contributed by atoms with van der Waals surface area (Å²) in [5.74, 6) is -3.48. The summed E-state index contributed by atoms with van der Waals surface area (Å²) in [7, 11) is 1.40. The highest BCUT2D eigenvalue weighted by atomic mass is 16.7. The number of carbonyl (C=O) groups is 2. The fourth-order valence-corrected chi connectivity index (χ4v) is 2.82. The zero-order valence-corrected chi connectivity index (χ0v) is 15.3. The third-order valence-corrected chi connectivity index (χ3v) is 3.94. The molecule has 0 aliphatic carbocycles. The van der Waals surface area contributed by atoms with Gasteiger partial charge in [0.25, 0.3) is 0 Å². The van der Waals surface area contributed by atoms with E-state index in [9.17, 15) is 19.7 Å². The highest BCUT2D eigenvalue weighted by molar-refractivity contribution is 5.96. The Morgan fingerprint density at radius 3 is 2.33 bits per heavy atom. The second-order valence-corrected chi connectivity index (χ2v) is 5.56. The number of fused-ring (bicyclic) bond motifs is 1. The summed E-state index contributed by atoms with van der Waals surface area (Å²) in [6.45, 7) is 2.46. The summed E-state index contributed by atoms with van der Waals surface area (Å²) in [4.78, 5) is 35.5. The standard InChI is InChI=1S/C17H21NO9/c1-4-24-16(19)14(17(20)25-5-2)11(8-18(21)22)10-6-12(23-3)15-13(7-10)26-9-27-15/h6-7,11,14H,4-5,8-9H2,1-3H3/t11-/m1/s1. The first-order valence-electron chi connectivity index (χ1n) is 8.35. The molecule has 0 aromatic heterocycles. The lowest BCUT2D eigenvalue weighted by Gasteiger charge is -2.22. The van der Waals surface area contributed by atoms with Crippen LogP contribution in [-0.2, 0) is 19.1 Å². The van der Waals surface area contributed by atoms with Gasteiger partial charge in [0.1, 0.15) is 0 Å². The normalized spacial score (nSPS) is 13.2. The highest BCUT2D eigenvalue weighted by Crippen LogP contribution is 2.44. The maximum atomic E-state index is 12.4. The quantitative estimate of drug-likeness (QED) is 0.270. The van der Waals surface area contributed by atoms with Gasteiger partial charge in [-0.25, -0.2) is 0 Å². The number of carbonyl (C=O) groups excluding carboxylic acids is 2. The van der Waals surface area contributed by atoms with Crippen molar-refractivity contribution in [3.63, 3.8) is 0 Å². The summed E-state index contributed by atoms with van der Waals surface area (Å²) >= 11 is 0. The van der Waals surface area contributed by atoms with Crippen LogP contribution in [0, 0.1) is 16.0 Å². The molecule has 1 heterocycles. The Morgan fingerprint density at radius 1 is 1.19 bits per heavy atom. The average Bonchev–Trinajstić information content (AvgIpc) is 3.09. The van der Waals surface area contributed by atoms with E-state index in [0.717, 1.165) is 0 Å². The molecule has 1 aromatic carbocycles. The van der Waals surface area contributed by atoms with E-state index in [4.69, 9.17) is 23.7 Å². The van der Waals surface area contributed by atoms with Gasteiger partial charge in [-0.1, -0.05) is 0 Å². The molecule has 10 heteroatoms. The van der Waals surface area contributed by atoms with Gasteiger partial charge in [0, 0.05) is 4.92 Å². The fraction of sp³-hybridized carbons (Fsp3) is 0.529. The predicted molar refractivity (Wildman–Crippen MR) is 90.5 cm³/mol. The molecule has 0 spiro atoms. The molecule has 0 unspecified atom stereocenters. The van der Waals surface area contributed by atoms with Crippen molar-refractivity contribution in [3.8, 4) is 17.2 Å². The van der Waals surface area contributed by atoms with Crippen LogP contribution in [0.3, 0.4) is 0 Å². The molecule has 1 aromatic rings. The van der Waals surface area contributed by atoms with E-state index in [1.54, 1.807) is 13.8 Å². The number of ether oxygens (including phenoxy) is 5. The van der Waals surface area contributed by atoms with E-state index >= 15 is 0 Å². The van der Waals surface area contributed by atoms with Gasteiger partial charge in [-0.3, -0.25) is 19.7 Å². The number of esters is 2. The Balaban J connectivity index is 2.53. The van der Waals surface area contributed by atoms with Crippen molar-refractivity contribution < 1.29 is 38.2 Å². The van der Waals surface area contributed by atoms with Gasteiger partial charge in [0.2, 0.25) is 19.1 Å². The Hall–Kier alpha value is -3.04. The first-order valence-corrected chi connectivity index (χ1v) is 8.35. The minimum atomic E-state index is -1.50. The van der Waals surface area contributed by atoms with E-state index in [2.05, 4.69) is 0 Å². The van der Waals surface area contributed by atoms with E-state index < -0.39 is 35.2 Å². The van der Waals surface area contributed by atoms with Crippen LogP contribution in [0.4, 0.5) is 0 Å². The molecule has 1 atom stereocenters. The Bertz CT molecular complexity index is 701. The molecule has 1 aliphatic heterocycles. The van der Waals surface area contributed by atoms with Crippen LogP contribution >= 0.6 is 0 Å². The highest BCUT2D eigenvalue weighted by Gasteiger charge is 2.42. The lowest BCUT2D eigenvalue weighted by atomic mass is 9.85. The van der Waals surface area contributed by atoms with Crippen LogP contribution in [-0.4, -0.2) is 50.5 Å². The molecule has 148 valence electrons. The summed E-state index contributed by atoms with van der Waals surface area (Å²) in [5.41, 5.74) is 0.305. The minimum absolute atomic E-state index is 0.0182. The first-order chi connectivity index (χ1) is 12.9. The third kappa shape index (κ3) is 4.57. The van der Waals surface area contributed by atoms with E-state index in [0.29, 0.717) is 17.1 Å². The van der Waals surface area contributed by atoms with Gasteiger partial charge in [0.15, 0.2) is 17.4 Å². The minimum Gasteiger partial charge on any atom is -0.493 e. The Kier molecular flexibility index (Phi) is 6.80. The van der Waals surface area contributed by atoms with Gasteiger partial charge in [-0.15, -0.1) is 0 Å². The molecule has 0 radical (unpaired) electrons. The van der Waals surface area contributed by atoms with E-state index in [-0.39, 0.29) is 25.8 Å². The van der Waals surface area contributed by atoms with Crippen molar-refractivity contribution in [2.24, 2.45) is 5.92 Å². The Labute approximate surface area is 155 Å². The van der Waals surface area contributed by atoms with Crippen LogP contribution in [0.2, 0.25) is 0 Å². The second kappa shape index (κ2) is 9.06. The summed E-state index contributed by atoms with van der Waals surface area (Å²) in [6.07, 6.45) is 0.